The van der Waals surface area contributed by atoms with E-state index in [1.54, 1.807) is 6.20 Å². The number of aryl methyl sites for hydroxylation is 2. The SMILES string of the molecule is Cc1nc(CNC(=O)N2CCCC[C@@H]2c2cn[nH]c2)oc1C. The third kappa shape index (κ3) is 2.98. The zero-order chi connectivity index (χ0) is 15.5. The van der Waals surface area contributed by atoms with Gasteiger partial charge < -0.3 is 14.6 Å². The van der Waals surface area contributed by atoms with Gasteiger partial charge in [-0.05, 0) is 33.1 Å². The van der Waals surface area contributed by atoms with E-state index in [0.717, 1.165) is 42.8 Å². The first-order valence-electron chi connectivity index (χ1n) is 7.61. The van der Waals surface area contributed by atoms with Crippen LogP contribution in [0.5, 0.6) is 0 Å². The Hall–Kier alpha value is -2.31. The number of oxazole rings is 1. The van der Waals surface area contributed by atoms with Gasteiger partial charge in [-0.3, -0.25) is 5.10 Å². The molecule has 2 aromatic rings. The van der Waals surface area contributed by atoms with Crippen LogP contribution in [0.25, 0.3) is 0 Å². The lowest BCUT2D eigenvalue weighted by atomic mass is 9.98. The molecule has 1 atom stereocenters. The monoisotopic (exact) mass is 303 g/mol. The molecular weight excluding hydrogens is 282 g/mol. The zero-order valence-electron chi connectivity index (χ0n) is 12.9. The fraction of sp³-hybridized carbons (Fsp3) is 0.533. The second kappa shape index (κ2) is 6.21. The van der Waals surface area contributed by atoms with Crippen molar-refractivity contribution in [1.29, 1.82) is 0 Å². The van der Waals surface area contributed by atoms with E-state index in [-0.39, 0.29) is 12.1 Å². The molecule has 0 aromatic carbocycles. The van der Waals surface area contributed by atoms with Gasteiger partial charge in [0.05, 0.1) is 24.5 Å². The lowest BCUT2D eigenvalue weighted by Gasteiger charge is -2.35. The summed E-state index contributed by atoms with van der Waals surface area (Å²) < 4.78 is 5.49. The van der Waals surface area contributed by atoms with Gasteiger partial charge in [0, 0.05) is 18.3 Å². The molecule has 0 bridgehead atoms. The average Bonchev–Trinajstić information content (AvgIpc) is 3.16. The number of nitrogens with zero attached hydrogens (tertiary/aromatic N) is 3. The van der Waals surface area contributed by atoms with Crippen LogP contribution in [-0.4, -0.2) is 32.7 Å². The molecule has 1 saturated heterocycles. The molecule has 3 heterocycles. The van der Waals surface area contributed by atoms with Crippen molar-refractivity contribution in [3.8, 4) is 0 Å². The highest BCUT2D eigenvalue weighted by molar-refractivity contribution is 5.74. The fourth-order valence-corrected chi connectivity index (χ4v) is 2.83. The van der Waals surface area contributed by atoms with E-state index in [9.17, 15) is 4.79 Å². The molecule has 0 spiro atoms. The van der Waals surface area contributed by atoms with Gasteiger partial charge in [0.25, 0.3) is 0 Å². The van der Waals surface area contributed by atoms with E-state index in [2.05, 4.69) is 20.5 Å². The summed E-state index contributed by atoms with van der Waals surface area (Å²) in [6, 6.07) is -0.0000569. The largest absolute Gasteiger partial charge is 0.444 e. The number of likely N-dealkylation sites (tertiary alicyclic amines) is 1. The van der Waals surface area contributed by atoms with Crippen LogP contribution >= 0.6 is 0 Å². The molecule has 7 nitrogen and oxygen atoms in total. The van der Waals surface area contributed by atoms with Crippen molar-refractivity contribution >= 4 is 6.03 Å². The van der Waals surface area contributed by atoms with E-state index in [0.29, 0.717) is 12.4 Å². The number of hydrogen-bond donors (Lipinski definition) is 2. The van der Waals surface area contributed by atoms with Gasteiger partial charge in [-0.25, -0.2) is 9.78 Å². The summed E-state index contributed by atoms with van der Waals surface area (Å²) in [5.74, 6) is 1.33. The number of H-pyrrole nitrogens is 1. The molecule has 2 amide bonds. The number of rotatable bonds is 3. The lowest BCUT2D eigenvalue weighted by Crippen LogP contribution is -2.44. The molecule has 118 valence electrons. The van der Waals surface area contributed by atoms with E-state index in [1.807, 2.05) is 24.9 Å². The summed E-state index contributed by atoms with van der Waals surface area (Å²) in [4.78, 5) is 18.6. The Morgan fingerprint density at radius 1 is 1.50 bits per heavy atom. The van der Waals surface area contributed by atoms with Crippen molar-refractivity contribution in [3.63, 3.8) is 0 Å². The first kappa shape index (κ1) is 14.6. The molecule has 3 rings (SSSR count). The third-order valence-corrected chi connectivity index (χ3v) is 4.13. The van der Waals surface area contributed by atoms with Crippen LogP contribution < -0.4 is 5.32 Å². The molecule has 0 saturated carbocycles. The Morgan fingerprint density at radius 2 is 2.36 bits per heavy atom. The summed E-state index contributed by atoms with van der Waals surface area (Å²) in [5.41, 5.74) is 1.91. The maximum atomic E-state index is 12.5. The molecular formula is C15H21N5O2. The Bertz CT molecular complexity index is 615. The van der Waals surface area contributed by atoms with Crippen molar-refractivity contribution in [2.75, 3.05) is 6.54 Å². The van der Waals surface area contributed by atoms with Gasteiger partial charge in [0.15, 0.2) is 0 Å². The number of piperidine rings is 1. The number of aromatic amines is 1. The Morgan fingerprint density at radius 3 is 3.05 bits per heavy atom. The van der Waals surface area contributed by atoms with Crippen molar-refractivity contribution in [3.05, 3.63) is 35.3 Å². The van der Waals surface area contributed by atoms with Gasteiger partial charge >= 0.3 is 6.03 Å². The Labute approximate surface area is 129 Å². The first-order valence-corrected chi connectivity index (χ1v) is 7.61. The quantitative estimate of drug-likeness (QED) is 0.911. The number of carbonyl (C=O) groups is 1. The summed E-state index contributed by atoms with van der Waals surface area (Å²) in [7, 11) is 0. The molecule has 1 fully saturated rings. The average molecular weight is 303 g/mol. The summed E-state index contributed by atoms with van der Waals surface area (Å²) in [5, 5.41) is 9.71. The normalized spacial score (nSPS) is 18.5. The second-order valence-electron chi connectivity index (χ2n) is 5.64. The summed E-state index contributed by atoms with van der Waals surface area (Å²) in [6.45, 7) is 4.82. The topological polar surface area (TPSA) is 87.0 Å². The molecule has 2 aromatic heterocycles. The van der Waals surface area contributed by atoms with Gasteiger partial charge in [-0.2, -0.15) is 5.10 Å². The predicted molar refractivity (Wildman–Crippen MR) is 80.1 cm³/mol. The Balaban J connectivity index is 1.64. The van der Waals surface area contributed by atoms with E-state index >= 15 is 0 Å². The minimum Gasteiger partial charge on any atom is -0.444 e. The fourth-order valence-electron chi connectivity index (χ4n) is 2.83. The number of urea groups is 1. The number of carbonyl (C=O) groups excluding carboxylic acids is 1. The zero-order valence-corrected chi connectivity index (χ0v) is 12.9. The maximum Gasteiger partial charge on any atom is 0.318 e. The molecule has 0 aliphatic carbocycles. The lowest BCUT2D eigenvalue weighted by molar-refractivity contribution is 0.150. The Kier molecular flexibility index (Phi) is 4.13. The van der Waals surface area contributed by atoms with E-state index in [4.69, 9.17) is 4.42 Å². The van der Waals surface area contributed by atoms with Gasteiger partial charge in [-0.1, -0.05) is 0 Å². The summed E-state index contributed by atoms with van der Waals surface area (Å²) in [6.07, 6.45) is 6.76. The molecule has 7 heteroatoms. The molecule has 1 aliphatic rings. The van der Waals surface area contributed by atoms with E-state index < -0.39 is 0 Å². The predicted octanol–water partition coefficient (Wildman–Crippen LogP) is 2.45. The highest BCUT2D eigenvalue weighted by atomic mass is 16.4. The molecule has 22 heavy (non-hydrogen) atoms. The van der Waals surface area contributed by atoms with Crippen LogP contribution in [-0.2, 0) is 6.54 Å². The third-order valence-electron chi connectivity index (χ3n) is 4.13. The van der Waals surface area contributed by atoms with Gasteiger partial charge in [0.2, 0.25) is 5.89 Å². The molecule has 1 aliphatic heterocycles. The first-order chi connectivity index (χ1) is 10.6. The number of aromatic nitrogens is 3. The van der Waals surface area contributed by atoms with Gasteiger partial charge in [-0.15, -0.1) is 0 Å². The highest BCUT2D eigenvalue weighted by Gasteiger charge is 2.28. The molecule has 2 N–H and O–H groups in total. The standard InChI is InChI=1S/C15H21N5O2/c1-10-11(2)22-14(19-10)9-16-15(21)20-6-4-3-5-13(20)12-7-17-18-8-12/h7-8,13H,3-6,9H2,1-2H3,(H,16,21)(H,17,18)/t13-/m1/s1. The number of nitrogens with one attached hydrogen (secondary N) is 2. The minimum absolute atomic E-state index is 0.0838. The summed E-state index contributed by atoms with van der Waals surface area (Å²) >= 11 is 0. The van der Waals surface area contributed by atoms with Crippen molar-refractivity contribution in [2.24, 2.45) is 0 Å². The second-order valence-corrected chi connectivity index (χ2v) is 5.64. The van der Waals surface area contributed by atoms with Crippen LogP contribution in [0, 0.1) is 13.8 Å². The van der Waals surface area contributed by atoms with Crippen LogP contribution in [0.4, 0.5) is 4.79 Å². The van der Waals surface area contributed by atoms with Crippen LogP contribution in [0.1, 0.15) is 48.2 Å². The molecule has 0 unspecified atom stereocenters. The number of hydrogen-bond acceptors (Lipinski definition) is 4. The van der Waals surface area contributed by atoms with Crippen LogP contribution in [0.2, 0.25) is 0 Å². The maximum absolute atomic E-state index is 12.5. The molecule has 0 radical (unpaired) electrons. The minimum atomic E-state index is -0.0839. The van der Waals surface area contributed by atoms with Crippen LogP contribution in [0.15, 0.2) is 16.8 Å². The van der Waals surface area contributed by atoms with Crippen molar-refractivity contribution in [2.45, 2.75) is 45.7 Å². The van der Waals surface area contributed by atoms with Crippen molar-refractivity contribution in [1.82, 2.24) is 25.4 Å². The number of amides is 2. The van der Waals surface area contributed by atoms with E-state index in [1.165, 1.54) is 0 Å². The van der Waals surface area contributed by atoms with Crippen molar-refractivity contribution < 1.29 is 9.21 Å². The highest BCUT2D eigenvalue weighted by Crippen LogP contribution is 2.30. The van der Waals surface area contributed by atoms with Gasteiger partial charge in [0.1, 0.15) is 5.76 Å². The van der Waals surface area contributed by atoms with Crippen LogP contribution in [0.3, 0.4) is 0 Å². The smallest absolute Gasteiger partial charge is 0.318 e.